The van der Waals surface area contributed by atoms with Gasteiger partial charge in [-0.3, -0.25) is 0 Å². The van der Waals surface area contributed by atoms with E-state index < -0.39 is 10.0 Å². The van der Waals surface area contributed by atoms with Gasteiger partial charge in [0.15, 0.2) is 0 Å². The zero-order valence-electron chi connectivity index (χ0n) is 12.0. The van der Waals surface area contributed by atoms with Gasteiger partial charge < -0.3 is 9.88 Å². The molecule has 1 aromatic carbocycles. The van der Waals surface area contributed by atoms with E-state index in [0.29, 0.717) is 6.54 Å². The van der Waals surface area contributed by atoms with Crippen LogP contribution >= 0.6 is 0 Å². The molecule has 2 aromatic rings. The number of rotatable bonds is 8. The SMILES string of the molecule is CCNS(=O)(=O)c1ccc(NCCCn2ccnc2)cc1. The van der Waals surface area contributed by atoms with E-state index >= 15 is 0 Å². The van der Waals surface area contributed by atoms with E-state index in [1.165, 1.54) is 0 Å². The Morgan fingerprint density at radius 3 is 2.62 bits per heavy atom. The van der Waals surface area contributed by atoms with Crippen molar-refractivity contribution in [3.05, 3.63) is 43.0 Å². The molecule has 1 heterocycles. The van der Waals surface area contributed by atoms with Crippen molar-refractivity contribution < 1.29 is 8.42 Å². The van der Waals surface area contributed by atoms with Crippen LogP contribution in [-0.2, 0) is 16.6 Å². The topological polar surface area (TPSA) is 76.0 Å². The molecule has 0 fully saturated rings. The Morgan fingerprint density at radius 1 is 1.24 bits per heavy atom. The number of imidazole rings is 1. The minimum Gasteiger partial charge on any atom is -0.385 e. The van der Waals surface area contributed by atoms with Crippen molar-refractivity contribution in [3.63, 3.8) is 0 Å². The molecule has 0 spiro atoms. The molecule has 0 saturated carbocycles. The van der Waals surface area contributed by atoms with Crippen LogP contribution in [0.15, 0.2) is 47.9 Å². The molecule has 6 nitrogen and oxygen atoms in total. The fourth-order valence-corrected chi connectivity index (χ4v) is 2.98. The van der Waals surface area contributed by atoms with Crippen molar-refractivity contribution in [3.8, 4) is 0 Å². The number of anilines is 1. The van der Waals surface area contributed by atoms with Gasteiger partial charge in [-0.1, -0.05) is 6.92 Å². The second-order valence-electron chi connectivity index (χ2n) is 4.61. The van der Waals surface area contributed by atoms with Crippen molar-refractivity contribution in [2.75, 3.05) is 18.4 Å². The predicted molar refractivity (Wildman–Crippen MR) is 82.6 cm³/mol. The molecular weight excluding hydrogens is 288 g/mol. The normalized spacial score (nSPS) is 11.5. The number of nitrogens with one attached hydrogen (secondary N) is 2. The second kappa shape index (κ2) is 7.24. The fourth-order valence-electron chi connectivity index (χ4n) is 1.94. The largest absolute Gasteiger partial charge is 0.385 e. The number of aromatic nitrogens is 2. The highest BCUT2D eigenvalue weighted by Gasteiger charge is 2.11. The smallest absolute Gasteiger partial charge is 0.240 e. The van der Waals surface area contributed by atoms with Gasteiger partial charge in [-0.05, 0) is 30.7 Å². The third-order valence-corrected chi connectivity index (χ3v) is 4.54. The Morgan fingerprint density at radius 2 is 2.00 bits per heavy atom. The average molecular weight is 308 g/mol. The molecule has 0 aliphatic carbocycles. The van der Waals surface area contributed by atoms with E-state index in [2.05, 4.69) is 15.0 Å². The van der Waals surface area contributed by atoms with Gasteiger partial charge in [0.2, 0.25) is 10.0 Å². The number of nitrogens with zero attached hydrogens (tertiary/aromatic N) is 2. The van der Waals surface area contributed by atoms with Crippen LogP contribution in [0.3, 0.4) is 0 Å². The number of aryl methyl sites for hydroxylation is 1. The summed E-state index contributed by atoms with van der Waals surface area (Å²) in [5, 5.41) is 3.27. The summed E-state index contributed by atoms with van der Waals surface area (Å²) in [6.07, 6.45) is 6.45. The zero-order valence-corrected chi connectivity index (χ0v) is 12.8. The van der Waals surface area contributed by atoms with Gasteiger partial charge in [0.05, 0.1) is 11.2 Å². The van der Waals surface area contributed by atoms with Crippen molar-refractivity contribution in [1.29, 1.82) is 0 Å². The molecule has 0 saturated heterocycles. The lowest BCUT2D eigenvalue weighted by atomic mass is 10.3. The Balaban J connectivity index is 1.82. The van der Waals surface area contributed by atoms with Gasteiger partial charge >= 0.3 is 0 Å². The highest BCUT2D eigenvalue weighted by atomic mass is 32.2. The standard InChI is InChI=1S/C14H20N4O2S/c1-2-17-21(19,20)14-6-4-13(5-7-14)16-8-3-10-18-11-9-15-12-18/h4-7,9,11-12,16-17H,2-3,8,10H2,1H3. The number of hydrogen-bond donors (Lipinski definition) is 2. The summed E-state index contributed by atoms with van der Waals surface area (Å²) in [5.74, 6) is 0. The first-order chi connectivity index (χ1) is 10.1. The maximum atomic E-state index is 11.8. The van der Waals surface area contributed by atoms with Crippen LogP contribution in [0, 0.1) is 0 Å². The maximum absolute atomic E-state index is 11.8. The number of hydrogen-bond acceptors (Lipinski definition) is 4. The molecule has 2 N–H and O–H groups in total. The van der Waals surface area contributed by atoms with E-state index in [1.54, 1.807) is 43.7 Å². The summed E-state index contributed by atoms with van der Waals surface area (Å²) in [5.41, 5.74) is 0.913. The van der Waals surface area contributed by atoms with Crippen LogP contribution in [0.25, 0.3) is 0 Å². The van der Waals surface area contributed by atoms with Gasteiger partial charge in [0, 0.05) is 37.7 Å². The van der Waals surface area contributed by atoms with Gasteiger partial charge in [-0.2, -0.15) is 0 Å². The highest BCUT2D eigenvalue weighted by Crippen LogP contribution is 2.13. The van der Waals surface area contributed by atoms with E-state index in [-0.39, 0.29) is 4.90 Å². The van der Waals surface area contributed by atoms with Crippen molar-refractivity contribution in [2.45, 2.75) is 24.8 Å². The lowest BCUT2D eigenvalue weighted by Gasteiger charge is -2.08. The minimum atomic E-state index is -3.37. The Kier molecular flexibility index (Phi) is 5.35. The minimum absolute atomic E-state index is 0.285. The van der Waals surface area contributed by atoms with Crippen LogP contribution in [-0.4, -0.2) is 31.1 Å². The number of sulfonamides is 1. The first-order valence-electron chi connectivity index (χ1n) is 6.91. The van der Waals surface area contributed by atoms with Gasteiger partial charge in [-0.15, -0.1) is 0 Å². The maximum Gasteiger partial charge on any atom is 0.240 e. The second-order valence-corrected chi connectivity index (χ2v) is 6.37. The Hall–Kier alpha value is -1.86. The summed E-state index contributed by atoms with van der Waals surface area (Å²) < 4.78 is 28.1. The van der Waals surface area contributed by atoms with Crippen LogP contribution in [0.4, 0.5) is 5.69 Å². The Labute approximate surface area is 125 Å². The van der Waals surface area contributed by atoms with Crippen LogP contribution in [0.5, 0.6) is 0 Å². The van der Waals surface area contributed by atoms with Gasteiger partial charge in [0.1, 0.15) is 0 Å². The molecule has 114 valence electrons. The first-order valence-corrected chi connectivity index (χ1v) is 8.39. The molecule has 0 unspecified atom stereocenters. The monoisotopic (exact) mass is 308 g/mol. The molecule has 21 heavy (non-hydrogen) atoms. The molecule has 0 bridgehead atoms. The Bertz CT molecular complexity index is 636. The quantitative estimate of drug-likeness (QED) is 0.728. The van der Waals surface area contributed by atoms with E-state index in [1.807, 2.05) is 10.8 Å². The fraction of sp³-hybridized carbons (Fsp3) is 0.357. The van der Waals surface area contributed by atoms with Crippen LogP contribution in [0.1, 0.15) is 13.3 Å². The lowest BCUT2D eigenvalue weighted by molar-refractivity contribution is 0.584. The lowest BCUT2D eigenvalue weighted by Crippen LogP contribution is -2.23. The summed E-state index contributed by atoms with van der Waals surface area (Å²) in [6, 6.07) is 6.77. The summed E-state index contributed by atoms with van der Waals surface area (Å²) in [7, 11) is -3.37. The first kappa shape index (κ1) is 15.5. The summed E-state index contributed by atoms with van der Waals surface area (Å²) >= 11 is 0. The van der Waals surface area contributed by atoms with Crippen molar-refractivity contribution in [2.24, 2.45) is 0 Å². The molecule has 0 radical (unpaired) electrons. The molecule has 0 aliphatic heterocycles. The van der Waals surface area contributed by atoms with Crippen molar-refractivity contribution >= 4 is 15.7 Å². The van der Waals surface area contributed by atoms with Crippen LogP contribution < -0.4 is 10.0 Å². The molecule has 0 atom stereocenters. The molecule has 1 aromatic heterocycles. The summed E-state index contributed by atoms with van der Waals surface area (Å²) in [4.78, 5) is 4.27. The third kappa shape index (κ3) is 4.57. The van der Waals surface area contributed by atoms with Crippen molar-refractivity contribution in [1.82, 2.24) is 14.3 Å². The van der Waals surface area contributed by atoms with E-state index in [0.717, 1.165) is 25.2 Å². The zero-order chi connectivity index (χ0) is 15.1. The van der Waals surface area contributed by atoms with E-state index in [4.69, 9.17) is 0 Å². The number of benzene rings is 1. The van der Waals surface area contributed by atoms with Gasteiger partial charge in [0.25, 0.3) is 0 Å². The predicted octanol–water partition coefficient (Wildman–Crippen LogP) is 1.68. The third-order valence-electron chi connectivity index (χ3n) is 2.98. The molecule has 7 heteroatoms. The molecule has 2 rings (SSSR count). The molecule has 0 amide bonds. The van der Waals surface area contributed by atoms with Crippen LogP contribution in [0.2, 0.25) is 0 Å². The molecular formula is C14H20N4O2S. The summed E-state index contributed by atoms with van der Waals surface area (Å²) in [6.45, 7) is 3.86. The molecule has 0 aliphatic rings. The average Bonchev–Trinajstić information content (AvgIpc) is 2.97. The highest BCUT2D eigenvalue weighted by molar-refractivity contribution is 7.89. The van der Waals surface area contributed by atoms with Gasteiger partial charge in [-0.25, -0.2) is 18.1 Å². The van der Waals surface area contributed by atoms with E-state index in [9.17, 15) is 8.42 Å².